The first kappa shape index (κ1) is 15.5. The molecule has 1 aromatic heterocycles. The predicted octanol–water partition coefficient (Wildman–Crippen LogP) is 4.27. The zero-order chi connectivity index (χ0) is 15.1. The molecule has 0 fully saturated rings. The highest BCUT2D eigenvalue weighted by Gasteiger charge is 2.15. The standard InChI is InChI=1S/C18H25N3/c1-4-12-19-18(14-15(3)5-2)17-11-13-21(20-17)16-9-7-6-8-10-16/h6-11,13,18-19H,3-5,12,14H2,1-2H3. The van der Waals surface area contributed by atoms with E-state index in [9.17, 15) is 0 Å². The molecule has 2 aromatic rings. The van der Waals surface area contributed by atoms with Crippen LogP contribution in [0.1, 0.15) is 44.8 Å². The Labute approximate surface area is 127 Å². The molecule has 3 heteroatoms. The number of aromatic nitrogens is 2. The zero-order valence-electron chi connectivity index (χ0n) is 13.0. The van der Waals surface area contributed by atoms with Crippen LogP contribution in [0.5, 0.6) is 0 Å². The summed E-state index contributed by atoms with van der Waals surface area (Å²) < 4.78 is 1.94. The van der Waals surface area contributed by atoms with Crippen molar-refractivity contribution < 1.29 is 0 Å². The summed E-state index contributed by atoms with van der Waals surface area (Å²) in [6, 6.07) is 12.6. The van der Waals surface area contributed by atoms with Gasteiger partial charge in [-0.05, 0) is 44.0 Å². The summed E-state index contributed by atoms with van der Waals surface area (Å²) >= 11 is 0. The van der Waals surface area contributed by atoms with Gasteiger partial charge < -0.3 is 5.32 Å². The van der Waals surface area contributed by atoms with Crippen LogP contribution in [0.15, 0.2) is 54.7 Å². The molecule has 0 aliphatic heterocycles. The lowest BCUT2D eigenvalue weighted by Gasteiger charge is -2.17. The average molecular weight is 283 g/mol. The lowest BCUT2D eigenvalue weighted by molar-refractivity contribution is 0.508. The van der Waals surface area contributed by atoms with Gasteiger partial charge in [-0.2, -0.15) is 5.10 Å². The van der Waals surface area contributed by atoms with Crippen LogP contribution in [-0.2, 0) is 0 Å². The maximum atomic E-state index is 4.73. The molecule has 1 N–H and O–H groups in total. The molecule has 2 rings (SSSR count). The van der Waals surface area contributed by atoms with E-state index in [1.165, 1.54) is 5.57 Å². The molecule has 0 saturated heterocycles. The number of rotatable bonds is 8. The fourth-order valence-corrected chi connectivity index (χ4v) is 2.28. The maximum absolute atomic E-state index is 4.73. The van der Waals surface area contributed by atoms with E-state index in [1.54, 1.807) is 0 Å². The van der Waals surface area contributed by atoms with Crippen molar-refractivity contribution in [2.45, 2.75) is 39.2 Å². The second kappa shape index (κ2) is 7.79. The van der Waals surface area contributed by atoms with Gasteiger partial charge in [0.15, 0.2) is 0 Å². The smallest absolute Gasteiger partial charge is 0.0801 e. The van der Waals surface area contributed by atoms with Crippen LogP contribution in [0.2, 0.25) is 0 Å². The molecule has 0 aliphatic rings. The Morgan fingerprint density at radius 3 is 2.67 bits per heavy atom. The Hall–Kier alpha value is -1.87. The van der Waals surface area contributed by atoms with Crippen molar-refractivity contribution in [2.24, 2.45) is 0 Å². The molecular formula is C18H25N3. The molecule has 21 heavy (non-hydrogen) atoms. The van der Waals surface area contributed by atoms with Gasteiger partial charge in [0.25, 0.3) is 0 Å². The number of benzene rings is 1. The molecule has 0 radical (unpaired) electrons. The number of nitrogens with one attached hydrogen (secondary N) is 1. The van der Waals surface area contributed by atoms with Crippen molar-refractivity contribution in [2.75, 3.05) is 6.54 Å². The van der Waals surface area contributed by atoms with E-state index in [0.29, 0.717) is 0 Å². The minimum atomic E-state index is 0.252. The molecule has 1 unspecified atom stereocenters. The first-order valence-corrected chi connectivity index (χ1v) is 7.75. The minimum Gasteiger partial charge on any atom is -0.308 e. The van der Waals surface area contributed by atoms with Gasteiger partial charge in [-0.25, -0.2) is 4.68 Å². The highest BCUT2D eigenvalue weighted by atomic mass is 15.3. The summed E-state index contributed by atoms with van der Waals surface area (Å²) in [4.78, 5) is 0. The van der Waals surface area contributed by atoms with Crippen molar-refractivity contribution >= 4 is 0 Å². The lowest BCUT2D eigenvalue weighted by Crippen LogP contribution is -2.23. The highest BCUT2D eigenvalue weighted by Crippen LogP contribution is 2.21. The molecule has 0 bridgehead atoms. The van der Waals surface area contributed by atoms with Gasteiger partial charge in [-0.3, -0.25) is 0 Å². The van der Waals surface area contributed by atoms with E-state index < -0.39 is 0 Å². The molecule has 1 heterocycles. The summed E-state index contributed by atoms with van der Waals surface area (Å²) in [6.45, 7) is 9.47. The molecule has 112 valence electrons. The number of hydrogen-bond acceptors (Lipinski definition) is 2. The van der Waals surface area contributed by atoms with Crippen LogP contribution in [0, 0.1) is 0 Å². The summed E-state index contributed by atoms with van der Waals surface area (Å²) in [5.41, 5.74) is 3.44. The third-order valence-corrected chi connectivity index (χ3v) is 3.62. The van der Waals surface area contributed by atoms with E-state index >= 15 is 0 Å². The van der Waals surface area contributed by atoms with Gasteiger partial charge in [-0.15, -0.1) is 0 Å². The van der Waals surface area contributed by atoms with Gasteiger partial charge in [0.1, 0.15) is 0 Å². The van der Waals surface area contributed by atoms with Crippen LogP contribution in [0.25, 0.3) is 5.69 Å². The van der Waals surface area contributed by atoms with Crippen LogP contribution >= 0.6 is 0 Å². The minimum absolute atomic E-state index is 0.252. The maximum Gasteiger partial charge on any atom is 0.0801 e. The third-order valence-electron chi connectivity index (χ3n) is 3.62. The fourth-order valence-electron chi connectivity index (χ4n) is 2.28. The van der Waals surface area contributed by atoms with Crippen molar-refractivity contribution in [1.82, 2.24) is 15.1 Å². The second-order valence-electron chi connectivity index (χ2n) is 5.34. The van der Waals surface area contributed by atoms with Gasteiger partial charge in [0.05, 0.1) is 17.4 Å². The van der Waals surface area contributed by atoms with Crippen LogP contribution < -0.4 is 5.32 Å². The summed E-state index contributed by atoms with van der Waals surface area (Å²) in [5, 5.41) is 8.31. The first-order chi connectivity index (χ1) is 10.2. The van der Waals surface area contributed by atoms with Gasteiger partial charge in [-0.1, -0.05) is 44.2 Å². The van der Waals surface area contributed by atoms with Crippen molar-refractivity contribution in [1.29, 1.82) is 0 Å². The number of para-hydroxylation sites is 1. The summed E-state index contributed by atoms with van der Waals surface area (Å²) in [7, 11) is 0. The Kier molecular flexibility index (Phi) is 5.76. The Balaban J connectivity index is 2.16. The largest absolute Gasteiger partial charge is 0.308 e. The van der Waals surface area contributed by atoms with E-state index in [-0.39, 0.29) is 6.04 Å². The van der Waals surface area contributed by atoms with Gasteiger partial charge in [0, 0.05) is 6.20 Å². The monoisotopic (exact) mass is 283 g/mol. The summed E-state index contributed by atoms with van der Waals surface area (Å²) in [5.74, 6) is 0. The number of hydrogen-bond donors (Lipinski definition) is 1. The van der Waals surface area contributed by atoms with E-state index in [4.69, 9.17) is 5.10 Å². The van der Waals surface area contributed by atoms with E-state index in [2.05, 4.69) is 43.9 Å². The molecule has 0 saturated carbocycles. The zero-order valence-corrected chi connectivity index (χ0v) is 13.0. The van der Waals surface area contributed by atoms with Crippen LogP contribution in [-0.4, -0.2) is 16.3 Å². The summed E-state index contributed by atoms with van der Waals surface area (Å²) in [6.07, 6.45) is 5.11. The molecule has 1 atom stereocenters. The Bertz CT molecular complexity index is 557. The first-order valence-electron chi connectivity index (χ1n) is 7.75. The molecule has 0 aliphatic carbocycles. The number of nitrogens with zero attached hydrogens (tertiary/aromatic N) is 2. The molecule has 1 aromatic carbocycles. The molecule has 0 amide bonds. The molecule has 0 spiro atoms. The van der Waals surface area contributed by atoms with Crippen molar-refractivity contribution in [3.8, 4) is 5.69 Å². The third kappa shape index (κ3) is 4.30. The average Bonchev–Trinajstić information content (AvgIpc) is 3.02. The van der Waals surface area contributed by atoms with Crippen LogP contribution in [0.3, 0.4) is 0 Å². The molecule has 3 nitrogen and oxygen atoms in total. The SMILES string of the molecule is C=C(CC)CC(NCCC)c1ccn(-c2ccccc2)n1. The van der Waals surface area contributed by atoms with E-state index in [0.717, 1.165) is 37.2 Å². The van der Waals surface area contributed by atoms with Gasteiger partial charge >= 0.3 is 0 Å². The van der Waals surface area contributed by atoms with Crippen molar-refractivity contribution in [3.63, 3.8) is 0 Å². The van der Waals surface area contributed by atoms with Crippen LogP contribution in [0.4, 0.5) is 0 Å². The van der Waals surface area contributed by atoms with E-state index in [1.807, 2.05) is 29.1 Å². The predicted molar refractivity (Wildman–Crippen MR) is 88.6 cm³/mol. The Morgan fingerprint density at radius 2 is 2.00 bits per heavy atom. The lowest BCUT2D eigenvalue weighted by atomic mass is 10.0. The van der Waals surface area contributed by atoms with Crippen molar-refractivity contribution in [3.05, 3.63) is 60.4 Å². The highest BCUT2D eigenvalue weighted by molar-refractivity contribution is 5.30. The quantitative estimate of drug-likeness (QED) is 0.733. The molecular weight excluding hydrogens is 258 g/mol. The van der Waals surface area contributed by atoms with Gasteiger partial charge in [0.2, 0.25) is 0 Å². The normalized spacial score (nSPS) is 12.3. The second-order valence-corrected chi connectivity index (χ2v) is 5.34. The Morgan fingerprint density at radius 1 is 1.24 bits per heavy atom. The fraction of sp³-hybridized carbons (Fsp3) is 0.389. The topological polar surface area (TPSA) is 29.9 Å².